The summed E-state index contributed by atoms with van der Waals surface area (Å²) in [6, 6.07) is 12.6. The van der Waals surface area contributed by atoms with Gasteiger partial charge in [0.25, 0.3) is 0 Å². The number of benzene rings is 2. The van der Waals surface area contributed by atoms with Gasteiger partial charge in [-0.05, 0) is 6.07 Å². The van der Waals surface area contributed by atoms with Crippen molar-refractivity contribution in [1.82, 2.24) is 0 Å². The second kappa shape index (κ2) is 5.55. The topological polar surface area (TPSA) is 136 Å². The summed E-state index contributed by atoms with van der Waals surface area (Å²) >= 11 is 0. The lowest BCUT2D eigenvalue weighted by Gasteiger charge is -2.13. The second-order valence-electron chi connectivity index (χ2n) is 4.19. The molecule has 0 atom stereocenters. The van der Waals surface area contributed by atoms with Gasteiger partial charge in [-0.15, -0.1) is 0 Å². The number of hydrogen-bond acceptors (Lipinski definition) is 6. The van der Waals surface area contributed by atoms with E-state index >= 15 is 0 Å². The maximum Gasteiger partial charge on any atom is 0.144 e. The molecule has 0 aliphatic rings. The molecule has 102 valence electrons. The van der Waals surface area contributed by atoms with Gasteiger partial charge in [-0.1, -0.05) is 18.2 Å². The van der Waals surface area contributed by atoms with Crippen LogP contribution in [0.25, 0.3) is 11.1 Å². The molecule has 0 aliphatic heterocycles. The molecule has 0 aromatic heterocycles. The first-order valence-electron chi connectivity index (χ1n) is 5.92. The third-order valence-corrected chi connectivity index (χ3v) is 3.09. The summed E-state index contributed by atoms with van der Waals surface area (Å²) in [5.41, 5.74) is -1.40. The molecule has 0 unspecified atom stereocenters. The van der Waals surface area contributed by atoms with E-state index in [-0.39, 0.29) is 33.6 Å². The molecule has 0 saturated heterocycles. The molecular formula is C16H6N4O2. The number of rotatable bonds is 1. The first-order valence-corrected chi connectivity index (χ1v) is 5.92. The summed E-state index contributed by atoms with van der Waals surface area (Å²) < 4.78 is 0. The Balaban J connectivity index is 3.10. The Hall–Kier alpha value is -4.00. The number of phenolic OH excluding ortho intramolecular Hbond substituents is 2. The van der Waals surface area contributed by atoms with Crippen LogP contribution in [-0.2, 0) is 0 Å². The smallest absolute Gasteiger partial charge is 0.144 e. The molecule has 0 saturated carbocycles. The third-order valence-electron chi connectivity index (χ3n) is 3.09. The van der Waals surface area contributed by atoms with Crippen molar-refractivity contribution in [3.63, 3.8) is 0 Å². The third kappa shape index (κ3) is 1.95. The lowest BCUT2D eigenvalue weighted by atomic mass is 9.88. The molecule has 0 radical (unpaired) electrons. The summed E-state index contributed by atoms with van der Waals surface area (Å²) in [5, 5.41) is 56.9. The van der Waals surface area contributed by atoms with Crippen LogP contribution in [0.15, 0.2) is 24.3 Å². The van der Waals surface area contributed by atoms with E-state index in [4.69, 9.17) is 10.5 Å². The number of para-hydroxylation sites is 1. The highest BCUT2D eigenvalue weighted by Crippen LogP contribution is 2.42. The van der Waals surface area contributed by atoms with Gasteiger partial charge in [-0.2, -0.15) is 21.0 Å². The van der Waals surface area contributed by atoms with E-state index in [1.54, 1.807) is 36.4 Å². The van der Waals surface area contributed by atoms with Crippen LogP contribution in [0.1, 0.15) is 22.3 Å². The van der Waals surface area contributed by atoms with Crippen LogP contribution < -0.4 is 0 Å². The van der Waals surface area contributed by atoms with Gasteiger partial charge in [0, 0.05) is 11.1 Å². The van der Waals surface area contributed by atoms with Crippen LogP contribution in [0, 0.1) is 45.3 Å². The fraction of sp³-hybridized carbons (Fsp3) is 0. The van der Waals surface area contributed by atoms with Gasteiger partial charge >= 0.3 is 0 Å². The largest absolute Gasteiger partial charge is 0.507 e. The average molecular weight is 286 g/mol. The van der Waals surface area contributed by atoms with Gasteiger partial charge < -0.3 is 10.2 Å². The summed E-state index contributed by atoms with van der Waals surface area (Å²) in [6.45, 7) is 0. The fourth-order valence-corrected chi connectivity index (χ4v) is 2.13. The maximum absolute atomic E-state index is 10.3. The Labute approximate surface area is 125 Å². The van der Waals surface area contributed by atoms with Crippen molar-refractivity contribution in [2.24, 2.45) is 0 Å². The summed E-state index contributed by atoms with van der Waals surface area (Å²) in [5.74, 6) is -0.845. The first-order chi connectivity index (χ1) is 10.6. The Morgan fingerprint density at radius 3 is 1.68 bits per heavy atom. The molecule has 0 fully saturated rings. The van der Waals surface area contributed by atoms with Gasteiger partial charge in [0.2, 0.25) is 0 Å². The number of nitriles is 4. The monoisotopic (exact) mass is 286 g/mol. The van der Waals surface area contributed by atoms with Gasteiger partial charge in [0.05, 0.1) is 16.7 Å². The molecular weight excluding hydrogens is 280 g/mol. The molecule has 6 nitrogen and oxygen atoms in total. The molecule has 22 heavy (non-hydrogen) atoms. The van der Waals surface area contributed by atoms with Crippen LogP contribution in [0.3, 0.4) is 0 Å². The minimum atomic E-state index is -0.615. The van der Waals surface area contributed by atoms with Crippen molar-refractivity contribution in [3.8, 4) is 46.9 Å². The molecule has 2 N–H and O–H groups in total. The van der Waals surface area contributed by atoms with E-state index in [1.165, 1.54) is 12.1 Å². The zero-order chi connectivity index (χ0) is 16.3. The Morgan fingerprint density at radius 1 is 0.682 bits per heavy atom. The molecule has 0 bridgehead atoms. The van der Waals surface area contributed by atoms with Crippen LogP contribution in [-0.4, -0.2) is 10.2 Å². The van der Waals surface area contributed by atoms with E-state index < -0.39 is 11.3 Å². The molecule has 2 aromatic carbocycles. The van der Waals surface area contributed by atoms with Gasteiger partial charge in [-0.25, -0.2) is 0 Å². The van der Waals surface area contributed by atoms with Crippen LogP contribution >= 0.6 is 0 Å². The molecule has 0 aliphatic carbocycles. The second-order valence-corrected chi connectivity index (χ2v) is 4.19. The van der Waals surface area contributed by atoms with E-state index in [0.717, 1.165) is 0 Å². The highest BCUT2D eigenvalue weighted by molar-refractivity contribution is 5.87. The van der Waals surface area contributed by atoms with Crippen molar-refractivity contribution >= 4 is 0 Å². The molecule has 2 rings (SSSR count). The molecule has 0 amide bonds. The van der Waals surface area contributed by atoms with Crippen molar-refractivity contribution in [2.45, 2.75) is 0 Å². The zero-order valence-corrected chi connectivity index (χ0v) is 11.0. The summed E-state index contributed by atoms with van der Waals surface area (Å²) in [6.07, 6.45) is 0. The highest BCUT2D eigenvalue weighted by atomic mass is 16.3. The zero-order valence-electron chi connectivity index (χ0n) is 11.0. The van der Waals surface area contributed by atoms with Crippen molar-refractivity contribution < 1.29 is 10.2 Å². The predicted octanol–water partition coefficient (Wildman–Crippen LogP) is 2.25. The quantitative estimate of drug-likeness (QED) is 0.825. The fourth-order valence-electron chi connectivity index (χ4n) is 2.13. The minimum absolute atomic E-state index is 0.0917. The average Bonchev–Trinajstić information content (AvgIpc) is 2.54. The lowest BCUT2D eigenvalue weighted by Crippen LogP contribution is -1.99. The molecule has 6 heteroatoms. The normalized spacial score (nSPS) is 9.09. The lowest BCUT2D eigenvalue weighted by molar-refractivity contribution is 0.468. The predicted molar refractivity (Wildman–Crippen MR) is 74.1 cm³/mol. The van der Waals surface area contributed by atoms with E-state index in [1.807, 2.05) is 0 Å². The Morgan fingerprint density at radius 2 is 1.18 bits per heavy atom. The number of nitrogens with zero attached hydrogens (tertiary/aromatic N) is 4. The summed E-state index contributed by atoms with van der Waals surface area (Å²) in [7, 11) is 0. The molecule has 0 spiro atoms. The first kappa shape index (κ1) is 14.4. The van der Waals surface area contributed by atoms with Crippen LogP contribution in [0.5, 0.6) is 11.5 Å². The highest BCUT2D eigenvalue weighted by Gasteiger charge is 2.26. The minimum Gasteiger partial charge on any atom is -0.507 e. The summed E-state index contributed by atoms with van der Waals surface area (Å²) in [4.78, 5) is 0. The van der Waals surface area contributed by atoms with Crippen LogP contribution in [0.4, 0.5) is 0 Å². The SMILES string of the molecule is N#Cc1c(O)c(-c2ccccc2O)c(C#N)c(C#N)c1C#N. The van der Waals surface area contributed by atoms with Gasteiger partial charge in [0.15, 0.2) is 0 Å². The van der Waals surface area contributed by atoms with Crippen molar-refractivity contribution in [3.05, 3.63) is 46.5 Å². The van der Waals surface area contributed by atoms with E-state index in [0.29, 0.717) is 0 Å². The standard InChI is InChI=1S/C16H6N4O2/c17-5-10-11(6-18)13(8-20)16(22)15(12(10)7-19)9-3-1-2-4-14(9)21/h1-4,21-22H. The van der Waals surface area contributed by atoms with Gasteiger partial charge in [-0.3, -0.25) is 0 Å². The molecule has 0 heterocycles. The van der Waals surface area contributed by atoms with Gasteiger partial charge in [0.1, 0.15) is 41.3 Å². The Kier molecular flexibility index (Phi) is 3.64. The van der Waals surface area contributed by atoms with Crippen molar-refractivity contribution in [1.29, 1.82) is 21.0 Å². The maximum atomic E-state index is 10.3. The van der Waals surface area contributed by atoms with Crippen LogP contribution in [0.2, 0.25) is 0 Å². The van der Waals surface area contributed by atoms with E-state index in [2.05, 4.69) is 0 Å². The Bertz CT molecular complexity index is 951. The van der Waals surface area contributed by atoms with E-state index in [9.17, 15) is 20.7 Å². The number of hydrogen-bond donors (Lipinski definition) is 2. The van der Waals surface area contributed by atoms with Crippen molar-refractivity contribution in [2.75, 3.05) is 0 Å². The number of phenols is 2. The number of aromatic hydroxyl groups is 2. The molecule has 2 aromatic rings.